The number of likely N-dealkylation sites (tertiary alicyclic amines) is 1. The Morgan fingerprint density at radius 2 is 1.97 bits per heavy atom. The maximum absolute atomic E-state index is 13.1. The molecular formula is C22H27F4N9. The number of alkyl halides is 4. The highest BCUT2D eigenvalue weighted by atomic mass is 19.4. The number of nitrogens with one attached hydrogen (secondary N) is 1. The molecule has 1 aliphatic rings. The molecule has 1 unspecified atom stereocenters. The Kier molecular flexibility index (Phi) is 6.54. The number of hydrogen-bond donors (Lipinski definition) is 2. The molecule has 0 amide bonds. The molecule has 4 aromatic heterocycles. The molecule has 188 valence electrons. The van der Waals surface area contributed by atoms with Gasteiger partial charge in [-0.2, -0.15) is 18.2 Å². The molecule has 0 saturated carbocycles. The quantitative estimate of drug-likeness (QED) is 0.419. The number of pyridine rings is 1. The first-order valence-electron chi connectivity index (χ1n) is 11.0. The largest absolute Gasteiger partial charge is 0.406 e. The van der Waals surface area contributed by atoms with E-state index in [4.69, 9.17) is 5.73 Å². The highest BCUT2D eigenvalue weighted by molar-refractivity contribution is 5.89. The molecule has 0 spiro atoms. The Balaban J connectivity index is 0.000000271. The molecular weight excluding hydrogens is 466 g/mol. The molecule has 1 fully saturated rings. The summed E-state index contributed by atoms with van der Waals surface area (Å²) in [6.45, 7) is 2.19. The average Bonchev–Trinajstić information content (AvgIpc) is 3.35. The number of imidazole rings is 1. The second kappa shape index (κ2) is 9.29. The predicted molar refractivity (Wildman–Crippen MR) is 126 cm³/mol. The zero-order valence-corrected chi connectivity index (χ0v) is 19.6. The van der Waals surface area contributed by atoms with Crippen molar-refractivity contribution in [3.8, 4) is 11.3 Å². The number of fused-ring (bicyclic) bond motifs is 2. The fraction of sp³-hybridized carbons (Fsp3) is 0.455. The van der Waals surface area contributed by atoms with E-state index >= 15 is 0 Å². The van der Waals surface area contributed by atoms with E-state index in [9.17, 15) is 17.6 Å². The Morgan fingerprint density at radius 3 is 2.60 bits per heavy atom. The van der Waals surface area contributed by atoms with Crippen LogP contribution in [0.25, 0.3) is 27.9 Å². The van der Waals surface area contributed by atoms with Gasteiger partial charge < -0.3 is 20.5 Å². The number of hydrogen-bond acceptors (Lipinski definition) is 7. The van der Waals surface area contributed by atoms with Gasteiger partial charge in [0.1, 0.15) is 23.2 Å². The zero-order chi connectivity index (χ0) is 25.4. The molecule has 0 radical (unpaired) electrons. The van der Waals surface area contributed by atoms with Gasteiger partial charge in [0.2, 0.25) is 5.95 Å². The van der Waals surface area contributed by atoms with E-state index in [2.05, 4.69) is 25.4 Å². The third kappa shape index (κ3) is 5.61. The van der Waals surface area contributed by atoms with E-state index in [1.165, 1.54) is 0 Å². The number of rotatable bonds is 3. The SMILES string of the molecule is CN1CCCC(C)(F)C1.CNc1nc(N)nn2ccc(-c3ccc4ncn(CC(F)(F)F)c4n3)c12. The highest BCUT2D eigenvalue weighted by Crippen LogP contribution is 2.30. The normalized spacial score (nSPS) is 19.1. The number of nitrogen functional groups attached to an aromatic ring is 1. The summed E-state index contributed by atoms with van der Waals surface area (Å²) in [6.07, 6.45) is 0.192. The summed E-state index contributed by atoms with van der Waals surface area (Å²) in [4.78, 5) is 14.5. The van der Waals surface area contributed by atoms with Gasteiger partial charge in [0.25, 0.3) is 0 Å². The van der Waals surface area contributed by atoms with Crippen LogP contribution in [-0.4, -0.2) is 73.1 Å². The molecule has 0 aliphatic carbocycles. The van der Waals surface area contributed by atoms with Gasteiger partial charge in [0, 0.05) is 25.4 Å². The number of halogens is 4. The van der Waals surface area contributed by atoms with Crippen molar-refractivity contribution in [3.63, 3.8) is 0 Å². The van der Waals surface area contributed by atoms with Crippen LogP contribution in [0.5, 0.6) is 0 Å². The molecule has 5 heterocycles. The van der Waals surface area contributed by atoms with E-state index in [-0.39, 0.29) is 11.6 Å². The smallest absolute Gasteiger partial charge is 0.371 e. The van der Waals surface area contributed by atoms with Crippen LogP contribution in [0.1, 0.15) is 19.8 Å². The highest BCUT2D eigenvalue weighted by Gasteiger charge is 2.29. The second-order valence-corrected chi connectivity index (χ2v) is 8.87. The molecule has 35 heavy (non-hydrogen) atoms. The molecule has 1 saturated heterocycles. The van der Waals surface area contributed by atoms with Crippen molar-refractivity contribution in [2.75, 3.05) is 38.2 Å². The van der Waals surface area contributed by atoms with Gasteiger partial charge in [-0.15, -0.1) is 5.10 Å². The minimum absolute atomic E-state index is 0.0932. The molecule has 13 heteroatoms. The van der Waals surface area contributed by atoms with Crippen LogP contribution in [0.15, 0.2) is 30.7 Å². The van der Waals surface area contributed by atoms with E-state index in [1.54, 1.807) is 42.9 Å². The maximum atomic E-state index is 13.1. The molecule has 5 rings (SSSR count). The number of nitrogens with zero attached hydrogens (tertiary/aromatic N) is 7. The summed E-state index contributed by atoms with van der Waals surface area (Å²) in [5.74, 6) is 0.582. The Labute approximate surface area is 199 Å². The van der Waals surface area contributed by atoms with Gasteiger partial charge in [-0.3, -0.25) is 0 Å². The molecule has 4 aromatic rings. The molecule has 0 bridgehead atoms. The number of piperidine rings is 1. The van der Waals surface area contributed by atoms with E-state index in [1.807, 2.05) is 11.9 Å². The van der Waals surface area contributed by atoms with E-state index in [0.29, 0.717) is 34.7 Å². The van der Waals surface area contributed by atoms with Crippen LogP contribution in [0.3, 0.4) is 0 Å². The van der Waals surface area contributed by atoms with Gasteiger partial charge in [0.15, 0.2) is 11.5 Å². The lowest BCUT2D eigenvalue weighted by atomic mass is 9.98. The van der Waals surface area contributed by atoms with Gasteiger partial charge in [-0.1, -0.05) is 0 Å². The summed E-state index contributed by atoms with van der Waals surface area (Å²) in [7, 11) is 3.66. The number of aromatic nitrogens is 6. The molecule has 3 N–H and O–H groups in total. The molecule has 0 aromatic carbocycles. The Bertz CT molecular complexity index is 1330. The molecule has 1 aliphatic heterocycles. The van der Waals surface area contributed by atoms with Crippen LogP contribution in [0.2, 0.25) is 0 Å². The van der Waals surface area contributed by atoms with Crippen LogP contribution < -0.4 is 11.1 Å². The van der Waals surface area contributed by atoms with Gasteiger partial charge in [-0.25, -0.2) is 18.9 Å². The first-order chi connectivity index (χ1) is 16.5. The minimum Gasteiger partial charge on any atom is -0.371 e. The first kappa shape index (κ1) is 24.6. The fourth-order valence-corrected chi connectivity index (χ4v) is 4.26. The predicted octanol–water partition coefficient (Wildman–Crippen LogP) is 3.77. The third-order valence-corrected chi connectivity index (χ3v) is 5.69. The van der Waals surface area contributed by atoms with Gasteiger partial charge in [0.05, 0.1) is 12.0 Å². The van der Waals surface area contributed by atoms with Crippen LogP contribution in [0, 0.1) is 0 Å². The Hall–Kier alpha value is -3.48. The lowest BCUT2D eigenvalue weighted by Gasteiger charge is -2.32. The first-order valence-corrected chi connectivity index (χ1v) is 11.0. The van der Waals surface area contributed by atoms with Gasteiger partial charge in [-0.05, 0) is 51.6 Å². The van der Waals surface area contributed by atoms with Crippen molar-refractivity contribution >= 4 is 28.4 Å². The summed E-state index contributed by atoms with van der Waals surface area (Å²) in [6, 6.07) is 5.08. The average molecular weight is 494 g/mol. The summed E-state index contributed by atoms with van der Waals surface area (Å²) >= 11 is 0. The van der Waals surface area contributed by atoms with Crippen LogP contribution in [-0.2, 0) is 6.54 Å². The number of nitrogens with two attached hydrogens (primary N) is 1. The zero-order valence-electron chi connectivity index (χ0n) is 19.6. The lowest BCUT2D eigenvalue weighted by molar-refractivity contribution is -0.140. The van der Waals surface area contributed by atoms with Crippen molar-refractivity contribution < 1.29 is 17.6 Å². The minimum atomic E-state index is -4.36. The van der Waals surface area contributed by atoms with Crippen molar-refractivity contribution in [2.45, 2.75) is 38.2 Å². The lowest BCUT2D eigenvalue weighted by Crippen LogP contribution is -2.40. The fourth-order valence-electron chi connectivity index (χ4n) is 4.26. The van der Waals surface area contributed by atoms with Crippen LogP contribution in [0.4, 0.5) is 29.3 Å². The molecule has 9 nitrogen and oxygen atoms in total. The monoisotopic (exact) mass is 493 g/mol. The number of anilines is 2. The molecule has 1 atom stereocenters. The summed E-state index contributed by atoms with van der Waals surface area (Å²) < 4.78 is 53.8. The maximum Gasteiger partial charge on any atom is 0.406 e. The second-order valence-electron chi connectivity index (χ2n) is 8.87. The van der Waals surface area contributed by atoms with Crippen LogP contribution >= 0.6 is 0 Å². The Morgan fingerprint density at radius 1 is 1.20 bits per heavy atom. The summed E-state index contributed by atoms with van der Waals surface area (Å²) in [5.41, 5.74) is 7.05. The van der Waals surface area contributed by atoms with Crippen molar-refractivity contribution in [3.05, 3.63) is 30.7 Å². The van der Waals surface area contributed by atoms with Crippen molar-refractivity contribution in [2.24, 2.45) is 0 Å². The standard InChI is InChI=1S/C15H13F3N8.C7H14FN/c1-20-12-11-8(4-5-26(11)24-14(19)23-12)9-2-3-10-13(22-9)25(7-21-10)6-15(16,17)18;1-7(8)4-3-5-9(2)6-7/h2-5,7H,6H2,1H3,(H3,19,20,23,24);3-6H2,1-2H3. The van der Waals surface area contributed by atoms with E-state index in [0.717, 1.165) is 30.3 Å². The van der Waals surface area contributed by atoms with Crippen molar-refractivity contribution in [1.82, 2.24) is 34.0 Å². The van der Waals surface area contributed by atoms with Gasteiger partial charge >= 0.3 is 6.18 Å². The van der Waals surface area contributed by atoms with E-state index < -0.39 is 18.4 Å². The topological polar surface area (TPSA) is 102 Å². The summed E-state index contributed by atoms with van der Waals surface area (Å²) in [5, 5.41) is 7.03. The third-order valence-electron chi connectivity index (χ3n) is 5.69. The van der Waals surface area contributed by atoms with Crippen molar-refractivity contribution in [1.29, 1.82) is 0 Å².